The molecule has 0 saturated heterocycles. The highest BCUT2D eigenvalue weighted by Gasteiger charge is 2.17. The molecule has 0 aromatic heterocycles. The van der Waals surface area contributed by atoms with Crippen LogP contribution < -0.4 is 0 Å². The Morgan fingerprint density at radius 1 is 0.338 bits per heavy atom. The summed E-state index contributed by atoms with van der Waals surface area (Å²) in [6, 6.07) is 0. The van der Waals surface area contributed by atoms with Gasteiger partial charge in [0.05, 0.1) is 6.61 Å². The molecule has 0 aromatic carbocycles. The predicted molar refractivity (Wildman–Crippen MR) is 297 cm³/mol. The molecule has 0 aliphatic rings. The van der Waals surface area contributed by atoms with E-state index in [4.69, 9.17) is 14.2 Å². The molecule has 1 atom stereocenters. The van der Waals surface area contributed by atoms with Crippen molar-refractivity contribution in [2.24, 2.45) is 0 Å². The van der Waals surface area contributed by atoms with Crippen molar-refractivity contribution in [1.29, 1.82) is 0 Å². The second-order valence-corrected chi connectivity index (χ2v) is 19.5. The summed E-state index contributed by atoms with van der Waals surface area (Å²) in [5.41, 5.74) is 0. The second kappa shape index (κ2) is 58.7. The first kappa shape index (κ1) is 65.3. The molecule has 0 N–H and O–H groups in total. The Labute approximate surface area is 423 Å². The average molecular weight is 950 g/mol. The summed E-state index contributed by atoms with van der Waals surface area (Å²) in [4.78, 5) is 25.5. The molecule has 0 saturated carbocycles. The Hall–Kier alpha value is -2.66. The van der Waals surface area contributed by atoms with Crippen LogP contribution in [-0.4, -0.2) is 37.9 Å². The first-order chi connectivity index (χ1) is 33.6. The number of carbonyl (C=O) groups is 2. The van der Waals surface area contributed by atoms with E-state index >= 15 is 0 Å². The summed E-state index contributed by atoms with van der Waals surface area (Å²) in [7, 11) is 0. The normalized spacial score (nSPS) is 12.7. The number of carbonyl (C=O) groups excluding carboxylic acids is 2. The fraction of sp³-hybridized carbons (Fsp3) is 0.778. The maximum atomic E-state index is 12.9. The van der Waals surface area contributed by atoms with Gasteiger partial charge in [0.1, 0.15) is 6.61 Å². The molecular weight excluding hydrogens is 837 g/mol. The van der Waals surface area contributed by atoms with Crippen molar-refractivity contribution < 1.29 is 23.8 Å². The Morgan fingerprint density at radius 2 is 0.662 bits per heavy atom. The number of ether oxygens (including phenoxy) is 3. The molecule has 0 aliphatic carbocycles. The van der Waals surface area contributed by atoms with Gasteiger partial charge in [0.15, 0.2) is 6.10 Å². The highest BCUT2D eigenvalue weighted by molar-refractivity contribution is 5.70. The Kier molecular flexibility index (Phi) is 56.4. The third kappa shape index (κ3) is 55.9. The van der Waals surface area contributed by atoms with E-state index in [0.29, 0.717) is 19.4 Å². The standard InChI is InChI=1S/C63H112O5/c1-4-7-10-13-16-19-22-25-28-30-32-33-36-38-41-44-47-50-53-56-62(64)67-60-61(68-63(65)57-54-51-48-45-42-39-35-27-24-21-18-15-12-9-6-3)59-66-58-55-52-49-46-43-40-37-34-31-29-26-23-20-17-14-11-8-5-2/h8-9,11-12,17-18,20-21,26-27,29,35,61H,4-7,10,13-16,19,22-25,28,30-34,36-60H2,1-3H3/b11-8-,12-9-,20-17-,21-18-,29-26-,35-27-. The van der Waals surface area contributed by atoms with Crippen molar-refractivity contribution in [1.82, 2.24) is 0 Å². The van der Waals surface area contributed by atoms with E-state index in [2.05, 4.69) is 93.7 Å². The molecule has 0 spiro atoms. The van der Waals surface area contributed by atoms with Crippen molar-refractivity contribution in [2.75, 3.05) is 19.8 Å². The smallest absolute Gasteiger partial charge is 0.306 e. The molecule has 0 fully saturated rings. The van der Waals surface area contributed by atoms with Gasteiger partial charge in [-0.1, -0.05) is 267 Å². The highest BCUT2D eigenvalue weighted by Crippen LogP contribution is 2.16. The van der Waals surface area contributed by atoms with Gasteiger partial charge in [-0.3, -0.25) is 9.59 Å². The van der Waals surface area contributed by atoms with Crippen LogP contribution in [-0.2, 0) is 23.8 Å². The molecule has 68 heavy (non-hydrogen) atoms. The summed E-state index contributed by atoms with van der Waals surface area (Å²) in [6.45, 7) is 7.62. The van der Waals surface area contributed by atoms with Crippen LogP contribution in [0.15, 0.2) is 72.9 Å². The Balaban J connectivity index is 4.27. The van der Waals surface area contributed by atoms with Crippen molar-refractivity contribution in [3.63, 3.8) is 0 Å². The lowest BCUT2D eigenvalue weighted by Crippen LogP contribution is -2.30. The lowest BCUT2D eigenvalue weighted by molar-refractivity contribution is -0.163. The number of allylic oxidation sites excluding steroid dienone is 12. The SMILES string of the molecule is CC/C=C\C/C=C\C/C=C\CCCCCCCCCCOCC(COC(=O)CCCCCCCCCCCCCCCCCCCCC)OC(=O)CCCCCCC/C=C\C/C=C\C/C=C\CC. The van der Waals surface area contributed by atoms with Crippen LogP contribution >= 0.6 is 0 Å². The fourth-order valence-corrected chi connectivity index (χ4v) is 8.42. The topological polar surface area (TPSA) is 61.8 Å². The summed E-state index contributed by atoms with van der Waals surface area (Å²) < 4.78 is 17.5. The molecule has 0 bridgehead atoms. The zero-order valence-corrected chi connectivity index (χ0v) is 45.4. The van der Waals surface area contributed by atoms with E-state index in [-0.39, 0.29) is 25.2 Å². The molecule has 5 heteroatoms. The van der Waals surface area contributed by atoms with Crippen LogP contribution in [0.4, 0.5) is 0 Å². The van der Waals surface area contributed by atoms with Crippen molar-refractivity contribution >= 4 is 11.9 Å². The van der Waals surface area contributed by atoms with E-state index in [9.17, 15) is 9.59 Å². The zero-order chi connectivity index (χ0) is 49.2. The van der Waals surface area contributed by atoms with Crippen LogP contribution in [0.1, 0.15) is 290 Å². The molecule has 0 heterocycles. The number of unbranched alkanes of at least 4 members (excludes halogenated alkanes) is 31. The van der Waals surface area contributed by atoms with Gasteiger partial charge in [0, 0.05) is 19.4 Å². The van der Waals surface area contributed by atoms with E-state index in [1.807, 2.05) is 0 Å². The van der Waals surface area contributed by atoms with Crippen molar-refractivity contribution in [3.8, 4) is 0 Å². The van der Waals surface area contributed by atoms with Crippen LogP contribution in [0, 0.1) is 0 Å². The third-order valence-corrected chi connectivity index (χ3v) is 12.7. The Bertz CT molecular complexity index is 1210. The fourth-order valence-electron chi connectivity index (χ4n) is 8.42. The average Bonchev–Trinajstić information content (AvgIpc) is 3.34. The van der Waals surface area contributed by atoms with Gasteiger partial charge in [-0.05, 0) is 83.5 Å². The van der Waals surface area contributed by atoms with Crippen LogP contribution in [0.25, 0.3) is 0 Å². The highest BCUT2D eigenvalue weighted by atomic mass is 16.6. The molecule has 1 unspecified atom stereocenters. The van der Waals surface area contributed by atoms with Gasteiger partial charge in [-0.2, -0.15) is 0 Å². The largest absolute Gasteiger partial charge is 0.462 e. The van der Waals surface area contributed by atoms with E-state index in [1.165, 1.54) is 167 Å². The number of rotatable bonds is 54. The number of esters is 2. The van der Waals surface area contributed by atoms with Crippen molar-refractivity contribution in [3.05, 3.63) is 72.9 Å². The lowest BCUT2D eigenvalue weighted by Gasteiger charge is -2.18. The zero-order valence-electron chi connectivity index (χ0n) is 45.4. The van der Waals surface area contributed by atoms with Gasteiger partial charge in [0.2, 0.25) is 0 Å². The molecule has 0 aromatic rings. The molecule has 0 radical (unpaired) electrons. The van der Waals surface area contributed by atoms with Crippen LogP contribution in [0.3, 0.4) is 0 Å². The van der Waals surface area contributed by atoms with Gasteiger partial charge in [-0.15, -0.1) is 0 Å². The summed E-state index contributed by atoms with van der Waals surface area (Å²) >= 11 is 0. The van der Waals surface area contributed by atoms with E-state index < -0.39 is 6.10 Å². The van der Waals surface area contributed by atoms with Crippen LogP contribution in [0.5, 0.6) is 0 Å². The van der Waals surface area contributed by atoms with Gasteiger partial charge in [-0.25, -0.2) is 0 Å². The summed E-state index contributed by atoms with van der Waals surface area (Å²) in [6.07, 6.45) is 76.4. The first-order valence-electron chi connectivity index (χ1n) is 29.5. The quantitative estimate of drug-likeness (QED) is 0.0345. The maximum Gasteiger partial charge on any atom is 0.306 e. The first-order valence-corrected chi connectivity index (χ1v) is 29.5. The third-order valence-electron chi connectivity index (χ3n) is 12.7. The Morgan fingerprint density at radius 3 is 1.06 bits per heavy atom. The van der Waals surface area contributed by atoms with Gasteiger partial charge < -0.3 is 14.2 Å². The minimum Gasteiger partial charge on any atom is -0.462 e. The van der Waals surface area contributed by atoms with Gasteiger partial charge in [0.25, 0.3) is 0 Å². The maximum absolute atomic E-state index is 12.9. The minimum absolute atomic E-state index is 0.0761. The van der Waals surface area contributed by atoms with E-state index in [1.54, 1.807) is 0 Å². The summed E-state index contributed by atoms with van der Waals surface area (Å²) in [5.74, 6) is -0.409. The molecule has 394 valence electrons. The number of hydrogen-bond donors (Lipinski definition) is 0. The van der Waals surface area contributed by atoms with Crippen molar-refractivity contribution in [2.45, 2.75) is 297 Å². The molecule has 0 rings (SSSR count). The lowest BCUT2D eigenvalue weighted by atomic mass is 10.0. The predicted octanol–water partition coefficient (Wildman–Crippen LogP) is 20.2. The van der Waals surface area contributed by atoms with Crippen LogP contribution in [0.2, 0.25) is 0 Å². The molecule has 0 aliphatic heterocycles. The summed E-state index contributed by atoms with van der Waals surface area (Å²) in [5, 5.41) is 0. The monoisotopic (exact) mass is 949 g/mol. The molecule has 0 amide bonds. The molecular formula is C63H112O5. The molecule has 5 nitrogen and oxygen atoms in total. The minimum atomic E-state index is -0.551. The van der Waals surface area contributed by atoms with E-state index in [0.717, 1.165) is 89.9 Å². The number of hydrogen-bond acceptors (Lipinski definition) is 5. The van der Waals surface area contributed by atoms with Gasteiger partial charge >= 0.3 is 11.9 Å². The second-order valence-electron chi connectivity index (χ2n) is 19.5.